The highest BCUT2D eigenvalue weighted by Crippen LogP contribution is 2.20. The standard InChI is InChI=1S/C20H23NO3/c1-15-12-19(20(22)24-15)21-18-9-5-8-17(13-18)14-23-11-10-16-6-3-2-4-7-16/h2-9,13,15,19,21H,10-12,14H2,1H3/t15-,19-/m0/s1. The lowest BCUT2D eigenvalue weighted by molar-refractivity contribution is -0.141. The van der Waals surface area contributed by atoms with Gasteiger partial charge in [0, 0.05) is 12.1 Å². The molecule has 2 aromatic rings. The van der Waals surface area contributed by atoms with Gasteiger partial charge in [-0.2, -0.15) is 0 Å². The van der Waals surface area contributed by atoms with Crippen LogP contribution in [-0.4, -0.2) is 24.7 Å². The fourth-order valence-electron chi connectivity index (χ4n) is 2.85. The zero-order chi connectivity index (χ0) is 16.8. The highest BCUT2D eigenvalue weighted by molar-refractivity contribution is 5.81. The Morgan fingerprint density at radius 1 is 1.12 bits per heavy atom. The maximum Gasteiger partial charge on any atom is 0.328 e. The van der Waals surface area contributed by atoms with E-state index < -0.39 is 0 Å². The Kier molecular flexibility index (Phi) is 5.49. The molecular weight excluding hydrogens is 302 g/mol. The van der Waals surface area contributed by atoms with E-state index in [1.807, 2.05) is 49.4 Å². The van der Waals surface area contributed by atoms with Crippen molar-refractivity contribution in [1.29, 1.82) is 0 Å². The van der Waals surface area contributed by atoms with Crippen LogP contribution in [0.25, 0.3) is 0 Å². The van der Waals surface area contributed by atoms with Crippen LogP contribution < -0.4 is 5.32 Å². The summed E-state index contributed by atoms with van der Waals surface area (Å²) in [6, 6.07) is 18.1. The van der Waals surface area contributed by atoms with E-state index in [1.165, 1.54) is 5.56 Å². The van der Waals surface area contributed by atoms with E-state index in [4.69, 9.17) is 9.47 Å². The molecule has 0 aromatic heterocycles. The summed E-state index contributed by atoms with van der Waals surface area (Å²) in [5.74, 6) is -0.174. The van der Waals surface area contributed by atoms with Gasteiger partial charge in [0.15, 0.2) is 0 Å². The first-order valence-corrected chi connectivity index (χ1v) is 8.38. The average Bonchev–Trinajstić information content (AvgIpc) is 2.90. The highest BCUT2D eigenvalue weighted by atomic mass is 16.6. The highest BCUT2D eigenvalue weighted by Gasteiger charge is 2.31. The first-order chi connectivity index (χ1) is 11.7. The summed E-state index contributed by atoms with van der Waals surface area (Å²) in [5.41, 5.74) is 3.30. The van der Waals surface area contributed by atoms with Crippen molar-refractivity contribution in [1.82, 2.24) is 0 Å². The third-order valence-corrected chi connectivity index (χ3v) is 4.08. The molecule has 2 aromatic carbocycles. The summed E-state index contributed by atoms with van der Waals surface area (Å²) < 4.78 is 10.9. The first-order valence-electron chi connectivity index (χ1n) is 8.38. The van der Waals surface area contributed by atoms with Gasteiger partial charge in [-0.3, -0.25) is 0 Å². The van der Waals surface area contributed by atoms with Crippen molar-refractivity contribution in [2.75, 3.05) is 11.9 Å². The molecule has 1 aliphatic heterocycles. The van der Waals surface area contributed by atoms with Crippen LogP contribution in [0.5, 0.6) is 0 Å². The minimum absolute atomic E-state index is 0.0143. The van der Waals surface area contributed by atoms with Crippen molar-refractivity contribution in [3.63, 3.8) is 0 Å². The fraction of sp³-hybridized carbons (Fsp3) is 0.350. The quantitative estimate of drug-likeness (QED) is 0.624. The molecule has 0 saturated carbocycles. The normalized spacial score (nSPS) is 20.0. The first kappa shape index (κ1) is 16.5. The van der Waals surface area contributed by atoms with Gasteiger partial charge in [-0.15, -0.1) is 0 Å². The number of cyclic esters (lactones) is 1. The number of benzene rings is 2. The lowest BCUT2D eigenvalue weighted by atomic mass is 10.1. The Hall–Kier alpha value is -2.33. The van der Waals surface area contributed by atoms with Gasteiger partial charge in [0.05, 0.1) is 13.2 Å². The number of hydrogen-bond donors (Lipinski definition) is 1. The second-order valence-electron chi connectivity index (χ2n) is 6.17. The average molecular weight is 325 g/mol. The molecule has 0 aliphatic carbocycles. The molecule has 1 N–H and O–H groups in total. The molecule has 0 bridgehead atoms. The number of ether oxygens (including phenoxy) is 2. The maximum atomic E-state index is 11.7. The van der Waals surface area contributed by atoms with Crippen LogP contribution in [0.1, 0.15) is 24.5 Å². The van der Waals surface area contributed by atoms with Crippen LogP contribution in [0.3, 0.4) is 0 Å². The second-order valence-corrected chi connectivity index (χ2v) is 6.17. The monoisotopic (exact) mass is 325 g/mol. The molecule has 1 fully saturated rings. The van der Waals surface area contributed by atoms with E-state index in [1.54, 1.807) is 0 Å². The molecule has 24 heavy (non-hydrogen) atoms. The Balaban J connectivity index is 1.47. The smallest absolute Gasteiger partial charge is 0.328 e. The molecule has 1 heterocycles. The van der Waals surface area contributed by atoms with E-state index in [9.17, 15) is 4.79 Å². The van der Waals surface area contributed by atoms with Crippen LogP contribution in [0.2, 0.25) is 0 Å². The summed E-state index contributed by atoms with van der Waals surface area (Å²) in [7, 11) is 0. The van der Waals surface area contributed by atoms with Gasteiger partial charge < -0.3 is 14.8 Å². The molecule has 4 nitrogen and oxygen atoms in total. The minimum atomic E-state index is -0.255. The largest absolute Gasteiger partial charge is 0.461 e. The number of anilines is 1. The van der Waals surface area contributed by atoms with Crippen molar-refractivity contribution in [2.24, 2.45) is 0 Å². The van der Waals surface area contributed by atoms with Crippen LogP contribution in [0.4, 0.5) is 5.69 Å². The van der Waals surface area contributed by atoms with Crippen molar-refractivity contribution in [3.8, 4) is 0 Å². The molecule has 126 valence electrons. The zero-order valence-electron chi connectivity index (χ0n) is 13.9. The second kappa shape index (κ2) is 7.97. The van der Waals surface area contributed by atoms with Crippen LogP contribution in [-0.2, 0) is 27.3 Å². The zero-order valence-corrected chi connectivity index (χ0v) is 13.9. The van der Waals surface area contributed by atoms with E-state index in [0.717, 1.165) is 17.7 Å². The Morgan fingerprint density at radius 2 is 1.92 bits per heavy atom. The van der Waals surface area contributed by atoms with Crippen LogP contribution >= 0.6 is 0 Å². The van der Waals surface area contributed by atoms with Crippen LogP contribution in [0.15, 0.2) is 54.6 Å². The third kappa shape index (κ3) is 4.59. The molecule has 0 spiro atoms. The predicted octanol–water partition coefficient (Wildman–Crippen LogP) is 3.56. The van der Waals surface area contributed by atoms with Gasteiger partial charge in [-0.25, -0.2) is 4.79 Å². The topological polar surface area (TPSA) is 47.6 Å². The number of nitrogens with one attached hydrogen (secondary N) is 1. The summed E-state index contributed by atoms with van der Waals surface area (Å²) in [4.78, 5) is 11.7. The number of carbonyl (C=O) groups is 1. The van der Waals surface area contributed by atoms with Crippen LogP contribution in [0, 0.1) is 0 Å². The summed E-state index contributed by atoms with van der Waals surface area (Å²) >= 11 is 0. The van der Waals surface area contributed by atoms with E-state index in [2.05, 4.69) is 17.4 Å². The molecule has 0 amide bonds. The van der Waals surface area contributed by atoms with Gasteiger partial charge in [-0.05, 0) is 36.6 Å². The fourth-order valence-corrected chi connectivity index (χ4v) is 2.85. The minimum Gasteiger partial charge on any atom is -0.461 e. The van der Waals surface area contributed by atoms with Gasteiger partial charge in [-0.1, -0.05) is 42.5 Å². The van der Waals surface area contributed by atoms with Gasteiger partial charge in [0.1, 0.15) is 12.1 Å². The van der Waals surface area contributed by atoms with Crippen molar-refractivity contribution in [2.45, 2.75) is 38.5 Å². The van der Waals surface area contributed by atoms with Gasteiger partial charge >= 0.3 is 5.97 Å². The van der Waals surface area contributed by atoms with E-state index in [-0.39, 0.29) is 18.1 Å². The van der Waals surface area contributed by atoms with Crippen molar-refractivity contribution in [3.05, 3.63) is 65.7 Å². The van der Waals surface area contributed by atoms with Crippen molar-refractivity contribution >= 4 is 11.7 Å². The summed E-state index contributed by atoms with van der Waals surface area (Å²) in [5, 5.41) is 3.25. The third-order valence-electron chi connectivity index (χ3n) is 4.08. The molecule has 2 atom stereocenters. The van der Waals surface area contributed by atoms with E-state index >= 15 is 0 Å². The molecule has 1 aliphatic rings. The summed E-state index contributed by atoms with van der Waals surface area (Å²) in [6.07, 6.45) is 1.60. The predicted molar refractivity (Wildman–Crippen MR) is 93.8 cm³/mol. The van der Waals surface area contributed by atoms with Gasteiger partial charge in [0.25, 0.3) is 0 Å². The molecular formula is C20H23NO3. The van der Waals surface area contributed by atoms with Crippen molar-refractivity contribution < 1.29 is 14.3 Å². The molecule has 4 heteroatoms. The molecule has 0 unspecified atom stereocenters. The number of carbonyl (C=O) groups excluding carboxylic acids is 1. The molecule has 0 radical (unpaired) electrons. The number of hydrogen-bond acceptors (Lipinski definition) is 4. The molecule has 1 saturated heterocycles. The Bertz CT molecular complexity index is 672. The number of esters is 1. The molecule has 3 rings (SSSR count). The lowest BCUT2D eigenvalue weighted by Crippen LogP contribution is -2.24. The maximum absolute atomic E-state index is 11.7. The van der Waals surface area contributed by atoms with Gasteiger partial charge in [0.2, 0.25) is 0 Å². The SMILES string of the molecule is C[C@H]1C[C@H](Nc2cccc(COCCc3ccccc3)c2)C(=O)O1. The summed E-state index contributed by atoms with van der Waals surface area (Å²) in [6.45, 7) is 3.17. The number of rotatable bonds is 7. The lowest BCUT2D eigenvalue weighted by Gasteiger charge is -2.12. The Morgan fingerprint density at radius 3 is 2.67 bits per heavy atom. The Labute approximate surface area is 142 Å². The van der Waals surface area contributed by atoms with E-state index in [0.29, 0.717) is 19.6 Å².